The van der Waals surface area contributed by atoms with E-state index in [1.54, 1.807) is 13.2 Å². The van der Waals surface area contributed by atoms with E-state index in [2.05, 4.69) is 10.3 Å². The first-order valence-corrected chi connectivity index (χ1v) is 12.6. The van der Waals surface area contributed by atoms with Crippen molar-refractivity contribution in [2.75, 3.05) is 13.7 Å². The molecule has 4 unspecified atom stereocenters. The molecule has 5 N–H and O–H groups in total. The highest BCUT2D eigenvalue weighted by atomic mass is 16.5. The monoisotopic (exact) mass is 482 g/mol. The quantitative estimate of drug-likeness (QED) is 0.500. The zero-order chi connectivity index (χ0) is 24.9. The maximum absolute atomic E-state index is 14.0. The topological polar surface area (TPSA) is 138 Å². The first-order chi connectivity index (χ1) is 16.8. The molecule has 2 aliphatic heterocycles. The van der Waals surface area contributed by atoms with Crippen molar-refractivity contribution < 1.29 is 24.2 Å². The molecule has 188 valence electrons. The Hall–Kier alpha value is -3.07. The molecule has 9 nitrogen and oxygen atoms in total. The lowest BCUT2D eigenvalue weighted by Crippen LogP contribution is -2.61. The number of primary amides is 1. The average Bonchev–Trinajstić information content (AvgIpc) is 3.54. The highest BCUT2D eigenvalue weighted by Gasteiger charge is 2.65. The van der Waals surface area contributed by atoms with Crippen LogP contribution in [0.4, 0.5) is 0 Å². The van der Waals surface area contributed by atoms with Crippen LogP contribution < -0.4 is 15.8 Å². The molecule has 3 fully saturated rings. The van der Waals surface area contributed by atoms with Gasteiger partial charge in [0, 0.05) is 35.3 Å². The summed E-state index contributed by atoms with van der Waals surface area (Å²) in [4.78, 5) is 43.8. The number of likely N-dealkylation sites (tertiary alicyclic amines) is 1. The highest BCUT2D eigenvalue weighted by Crippen LogP contribution is 2.54. The second-order valence-corrected chi connectivity index (χ2v) is 10.4. The van der Waals surface area contributed by atoms with Gasteiger partial charge in [0.15, 0.2) is 0 Å². The third-order valence-electron chi connectivity index (χ3n) is 8.49. The van der Waals surface area contributed by atoms with E-state index in [9.17, 15) is 19.5 Å². The number of fused-ring (bicyclic) bond motifs is 2. The van der Waals surface area contributed by atoms with Gasteiger partial charge in [-0.15, -0.1) is 0 Å². The molecule has 0 bridgehead atoms. The maximum Gasteiger partial charge on any atom is 0.273 e. The van der Waals surface area contributed by atoms with Gasteiger partial charge in [-0.05, 0) is 62.1 Å². The Morgan fingerprint density at radius 1 is 1.29 bits per heavy atom. The van der Waals surface area contributed by atoms with Gasteiger partial charge in [-0.2, -0.15) is 0 Å². The second kappa shape index (κ2) is 8.86. The van der Waals surface area contributed by atoms with Crippen LogP contribution in [0.3, 0.4) is 0 Å². The van der Waals surface area contributed by atoms with Crippen molar-refractivity contribution in [1.82, 2.24) is 15.2 Å². The number of aromatic nitrogens is 1. The van der Waals surface area contributed by atoms with Crippen LogP contribution in [0.15, 0.2) is 24.3 Å². The Kier molecular flexibility index (Phi) is 5.99. The zero-order valence-electron chi connectivity index (χ0n) is 20.3. The molecule has 3 amide bonds. The van der Waals surface area contributed by atoms with E-state index in [0.717, 1.165) is 36.6 Å². The maximum atomic E-state index is 14.0. The summed E-state index contributed by atoms with van der Waals surface area (Å²) in [5.41, 5.74) is 4.71. The van der Waals surface area contributed by atoms with Crippen LogP contribution in [0.25, 0.3) is 10.9 Å². The number of aliphatic hydroxyl groups is 1. The van der Waals surface area contributed by atoms with E-state index in [0.29, 0.717) is 25.1 Å². The molecule has 1 aromatic carbocycles. The number of ether oxygens (including phenoxy) is 1. The van der Waals surface area contributed by atoms with Crippen molar-refractivity contribution in [3.05, 3.63) is 30.0 Å². The lowest BCUT2D eigenvalue weighted by molar-refractivity contribution is -0.159. The van der Waals surface area contributed by atoms with Gasteiger partial charge >= 0.3 is 0 Å². The van der Waals surface area contributed by atoms with E-state index < -0.39 is 29.5 Å². The number of nitrogens with two attached hydrogens (primary N) is 1. The fourth-order valence-electron chi connectivity index (χ4n) is 6.96. The van der Waals surface area contributed by atoms with Crippen molar-refractivity contribution >= 4 is 28.6 Å². The van der Waals surface area contributed by atoms with Gasteiger partial charge in [0.1, 0.15) is 11.4 Å². The minimum Gasteiger partial charge on any atom is -0.496 e. The van der Waals surface area contributed by atoms with Crippen LogP contribution in [-0.4, -0.2) is 58.1 Å². The molecule has 0 spiro atoms. The summed E-state index contributed by atoms with van der Waals surface area (Å²) < 4.78 is 5.43. The number of H-pyrrole nitrogens is 1. The molecule has 2 saturated heterocycles. The molecule has 35 heavy (non-hydrogen) atoms. The molecule has 0 radical (unpaired) electrons. The fourth-order valence-corrected chi connectivity index (χ4v) is 6.96. The number of carbonyl (C=O) groups excluding carboxylic acids is 3. The van der Waals surface area contributed by atoms with E-state index in [4.69, 9.17) is 10.5 Å². The van der Waals surface area contributed by atoms with Gasteiger partial charge < -0.3 is 25.9 Å². The van der Waals surface area contributed by atoms with Crippen LogP contribution in [0.1, 0.15) is 55.9 Å². The van der Waals surface area contributed by atoms with Crippen LogP contribution in [-0.2, 0) is 9.59 Å². The number of aromatic amines is 1. The number of hydrogen-bond donors (Lipinski definition) is 4. The van der Waals surface area contributed by atoms with Gasteiger partial charge in [0.05, 0.1) is 7.11 Å². The highest BCUT2D eigenvalue weighted by molar-refractivity contribution is 6.02. The molecule has 1 aromatic heterocycles. The number of hydrogen-bond acceptors (Lipinski definition) is 5. The summed E-state index contributed by atoms with van der Waals surface area (Å²) in [5, 5.41) is 15.5. The predicted octanol–water partition coefficient (Wildman–Crippen LogP) is 2.14. The van der Waals surface area contributed by atoms with Crippen molar-refractivity contribution in [2.45, 2.75) is 57.2 Å². The predicted molar refractivity (Wildman–Crippen MR) is 129 cm³/mol. The Morgan fingerprint density at radius 3 is 2.80 bits per heavy atom. The Balaban J connectivity index is 1.55. The molecule has 3 aliphatic rings. The number of nitrogens with zero attached hydrogens (tertiary/aromatic N) is 1. The zero-order valence-corrected chi connectivity index (χ0v) is 20.3. The first kappa shape index (κ1) is 23.7. The minimum absolute atomic E-state index is 0.0369. The van der Waals surface area contributed by atoms with Crippen molar-refractivity contribution in [3.63, 3.8) is 0 Å². The van der Waals surface area contributed by atoms with Gasteiger partial charge in [-0.3, -0.25) is 19.3 Å². The van der Waals surface area contributed by atoms with Crippen molar-refractivity contribution in [1.29, 1.82) is 0 Å². The largest absolute Gasteiger partial charge is 0.496 e. The van der Waals surface area contributed by atoms with Gasteiger partial charge in [-0.25, -0.2) is 0 Å². The lowest BCUT2D eigenvalue weighted by atomic mass is 9.79. The van der Waals surface area contributed by atoms with Crippen LogP contribution >= 0.6 is 0 Å². The first-order valence-electron chi connectivity index (χ1n) is 12.6. The normalized spacial score (nSPS) is 31.3. The number of amides is 3. The van der Waals surface area contributed by atoms with E-state index in [1.807, 2.05) is 25.1 Å². The summed E-state index contributed by atoms with van der Waals surface area (Å²) in [5.74, 6) is -1.44. The Morgan fingerprint density at radius 2 is 2.09 bits per heavy atom. The Labute approximate surface area is 204 Å². The summed E-state index contributed by atoms with van der Waals surface area (Å²) in [7, 11) is 1.57. The van der Waals surface area contributed by atoms with Gasteiger partial charge in [0.2, 0.25) is 11.6 Å². The van der Waals surface area contributed by atoms with Crippen LogP contribution in [0, 0.1) is 23.7 Å². The third kappa shape index (κ3) is 3.67. The van der Waals surface area contributed by atoms with E-state index in [1.165, 1.54) is 4.90 Å². The standard InChI is InChI=1S/C26H34N4O5/c1-14(12-15-6-5-11-28-23(15)31)22-16-7-3-8-18(16)26(34,25(27)33)30(22)24(32)20-13-17-19(29-20)9-4-10-21(17)35-2/h4,9-10,13-16,18,22,29,34H,3,5-8,11-12H2,1-2H3,(H2,27,33)(H,28,31)/t14-,15-,16?,18?,22?,26?/m0/s1. The summed E-state index contributed by atoms with van der Waals surface area (Å²) in [6.07, 6.45) is 4.60. The fraction of sp³-hybridized carbons (Fsp3) is 0.577. The lowest BCUT2D eigenvalue weighted by Gasteiger charge is -2.40. The molecular weight excluding hydrogens is 448 g/mol. The third-order valence-corrected chi connectivity index (χ3v) is 8.49. The molecule has 2 aromatic rings. The van der Waals surface area contributed by atoms with Crippen molar-refractivity contribution in [3.8, 4) is 5.75 Å². The van der Waals surface area contributed by atoms with Gasteiger partial charge in [0.25, 0.3) is 11.8 Å². The number of nitrogens with one attached hydrogen (secondary N) is 2. The van der Waals surface area contributed by atoms with Gasteiger partial charge in [-0.1, -0.05) is 19.4 Å². The smallest absolute Gasteiger partial charge is 0.273 e. The molecule has 1 saturated carbocycles. The van der Waals surface area contributed by atoms with Crippen LogP contribution in [0.2, 0.25) is 0 Å². The molecule has 5 rings (SSSR count). The average molecular weight is 483 g/mol. The molecule has 1 aliphatic carbocycles. The number of benzene rings is 1. The summed E-state index contributed by atoms with van der Waals surface area (Å²) in [6, 6.07) is 6.77. The number of piperidine rings is 1. The summed E-state index contributed by atoms with van der Waals surface area (Å²) >= 11 is 0. The summed E-state index contributed by atoms with van der Waals surface area (Å²) in [6.45, 7) is 2.71. The molecule has 9 heteroatoms. The molecule has 6 atom stereocenters. The number of carbonyl (C=O) groups is 3. The molecule has 3 heterocycles. The van der Waals surface area contributed by atoms with Crippen molar-refractivity contribution in [2.24, 2.45) is 29.4 Å². The molecular formula is C26H34N4O5. The minimum atomic E-state index is -2.08. The Bertz CT molecular complexity index is 1160. The van der Waals surface area contributed by atoms with E-state index in [-0.39, 0.29) is 29.4 Å². The van der Waals surface area contributed by atoms with Crippen LogP contribution in [0.5, 0.6) is 5.75 Å². The second-order valence-electron chi connectivity index (χ2n) is 10.4. The number of methoxy groups -OCH3 is 1. The number of rotatable bonds is 6. The SMILES string of the molecule is COc1cccc2[nH]c(C(=O)N3C([C@@H](C)C[C@@H]4CCCNC4=O)C4CCCC4C3(O)C(N)=O)cc12. The van der Waals surface area contributed by atoms with E-state index >= 15 is 0 Å².